The van der Waals surface area contributed by atoms with Crippen LogP contribution in [0.2, 0.25) is 0 Å². The Balaban J connectivity index is 2.92. The van der Waals surface area contributed by atoms with E-state index in [1.54, 1.807) is 5.55 Å². The van der Waals surface area contributed by atoms with E-state index in [9.17, 15) is 0 Å². The Morgan fingerprint density at radius 3 is 3.00 bits per heavy atom. The summed E-state index contributed by atoms with van der Waals surface area (Å²) in [5, 5.41) is 0. The third-order valence-electron chi connectivity index (χ3n) is 0.379. The smallest absolute Gasteiger partial charge is 0.0770 e. The molecule has 0 spiro atoms. The second kappa shape index (κ2) is 5.69. The lowest BCUT2D eigenvalue weighted by Gasteiger charge is -1.75. The van der Waals surface area contributed by atoms with Gasteiger partial charge in [-0.1, -0.05) is 0 Å². The SMILES string of the molecule is C=NS/C=N\CC. The third kappa shape index (κ3) is 5.69. The average molecular weight is 116 g/mol. The number of aliphatic imine (C=N–C) groups is 1. The van der Waals surface area contributed by atoms with E-state index in [2.05, 4.69) is 16.1 Å². The van der Waals surface area contributed by atoms with Gasteiger partial charge in [-0.2, -0.15) is 0 Å². The Bertz CT molecular complexity index is 70.1. The first-order valence-corrected chi connectivity index (χ1v) is 2.85. The molecule has 0 saturated heterocycles. The predicted molar refractivity (Wildman–Crippen MR) is 36.2 cm³/mol. The van der Waals surface area contributed by atoms with Crippen LogP contribution in [-0.2, 0) is 0 Å². The number of nitrogens with zero attached hydrogens (tertiary/aromatic N) is 2. The fraction of sp³-hybridized carbons (Fsp3) is 0.500. The highest BCUT2D eigenvalue weighted by molar-refractivity contribution is 8.11. The Kier molecular flexibility index (Phi) is 5.44. The molecule has 0 aromatic rings. The normalized spacial score (nSPS) is 9.86. The molecule has 2 nitrogen and oxygen atoms in total. The maximum absolute atomic E-state index is 3.87. The van der Waals surface area contributed by atoms with Crippen molar-refractivity contribution in [1.82, 2.24) is 0 Å². The molecule has 3 heteroatoms. The van der Waals surface area contributed by atoms with Crippen LogP contribution in [0.5, 0.6) is 0 Å². The standard InChI is InChI=1S/C4H8N2S/c1-3-6-4-7-5-2/h4H,2-3H2,1H3/b6-4-. The molecule has 7 heavy (non-hydrogen) atoms. The lowest BCUT2D eigenvalue weighted by Crippen LogP contribution is -1.64. The van der Waals surface area contributed by atoms with Crippen LogP contribution in [0.3, 0.4) is 0 Å². The molecule has 0 aliphatic rings. The molecule has 0 unspecified atom stereocenters. The molecule has 0 atom stereocenters. The van der Waals surface area contributed by atoms with E-state index in [1.165, 1.54) is 11.9 Å². The van der Waals surface area contributed by atoms with Gasteiger partial charge >= 0.3 is 0 Å². The fourth-order valence-corrected chi connectivity index (χ4v) is 0.424. The van der Waals surface area contributed by atoms with Crippen molar-refractivity contribution in [2.75, 3.05) is 6.54 Å². The van der Waals surface area contributed by atoms with Crippen LogP contribution in [0, 0.1) is 0 Å². The molecule has 0 aromatic carbocycles. The average Bonchev–Trinajstić information content (AvgIpc) is 1.69. The molecule has 40 valence electrons. The van der Waals surface area contributed by atoms with Crippen LogP contribution in [-0.4, -0.2) is 18.8 Å². The zero-order chi connectivity index (χ0) is 5.54. The molecular weight excluding hydrogens is 108 g/mol. The van der Waals surface area contributed by atoms with Crippen molar-refractivity contribution >= 4 is 24.2 Å². The second-order valence-electron chi connectivity index (χ2n) is 0.839. The van der Waals surface area contributed by atoms with Gasteiger partial charge in [0.05, 0.1) is 5.55 Å². The van der Waals surface area contributed by atoms with Gasteiger partial charge in [0.1, 0.15) is 0 Å². The highest BCUT2D eigenvalue weighted by atomic mass is 32.2. The highest BCUT2D eigenvalue weighted by Gasteiger charge is 1.64. The third-order valence-corrected chi connectivity index (χ3v) is 0.771. The van der Waals surface area contributed by atoms with Crippen molar-refractivity contribution in [3.8, 4) is 0 Å². The minimum absolute atomic E-state index is 0.822. The number of hydrogen-bond acceptors (Lipinski definition) is 3. The van der Waals surface area contributed by atoms with Crippen molar-refractivity contribution in [3.63, 3.8) is 0 Å². The van der Waals surface area contributed by atoms with E-state index < -0.39 is 0 Å². The predicted octanol–water partition coefficient (Wildman–Crippen LogP) is 1.38. The van der Waals surface area contributed by atoms with Crippen LogP contribution in [0.4, 0.5) is 0 Å². The molecule has 0 N–H and O–H groups in total. The quantitative estimate of drug-likeness (QED) is 0.310. The molecule has 0 aliphatic heterocycles. The molecule has 0 bridgehead atoms. The van der Waals surface area contributed by atoms with E-state index >= 15 is 0 Å². The van der Waals surface area contributed by atoms with E-state index in [1.807, 2.05) is 6.92 Å². The monoisotopic (exact) mass is 116 g/mol. The zero-order valence-corrected chi connectivity index (χ0v) is 5.11. The molecule has 0 heterocycles. The largest absolute Gasteiger partial charge is 0.285 e. The molecule has 0 amide bonds. The summed E-state index contributed by atoms with van der Waals surface area (Å²) in [4.78, 5) is 3.87. The first-order chi connectivity index (χ1) is 3.41. The molecule has 0 rings (SSSR count). The molecule has 0 aromatic heterocycles. The van der Waals surface area contributed by atoms with Gasteiger partial charge in [0.15, 0.2) is 0 Å². The molecule has 0 aliphatic carbocycles. The van der Waals surface area contributed by atoms with Crippen LogP contribution in [0.1, 0.15) is 6.92 Å². The summed E-state index contributed by atoms with van der Waals surface area (Å²) in [7, 11) is 0. The van der Waals surface area contributed by atoms with Gasteiger partial charge in [0, 0.05) is 18.5 Å². The van der Waals surface area contributed by atoms with Gasteiger partial charge in [-0.05, 0) is 13.6 Å². The highest BCUT2D eigenvalue weighted by Crippen LogP contribution is 1.91. The van der Waals surface area contributed by atoms with E-state index in [-0.39, 0.29) is 0 Å². The molecule has 0 fully saturated rings. The molecular formula is C4H8N2S. The first kappa shape index (κ1) is 6.69. The summed E-state index contributed by atoms with van der Waals surface area (Å²) in [5.41, 5.74) is 1.67. The van der Waals surface area contributed by atoms with Crippen molar-refractivity contribution < 1.29 is 0 Å². The lowest BCUT2D eigenvalue weighted by atomic mass is 10.8. The van der Waals surface area contributed by atoms with E-state index in [0.29, 0.717) is 0 Å². The summed E-state index contributed by atoms with van der Waals surface area (Å²) in [6.07, 6.45) is 0. The van der Waals surface area contributed by atoms with Gasteiger partial charge in [-0.3, -0.25) is 4.99 Å². The number of rotatable bonds is 3. The van der Waals surface area contributed by atoms with Gasteiger partial charge in [-0.15, -0.1) is 0 Å². The first-order valence-electron chi connectivity index (χ1n) is 2.02. The Morgan fingerprint density at radius 1 is 1.86 bits per heavy atom. The van der Waals surface area contributed by atoms with Crippen molar-refractivity contribution in [2.45, 2.75) is 6.92 Å². The second-order valence-corrected chi connectivity index (χ2v) is 1.52. The maximum atomic E-state index is 3.87. The maximum Gasteiger partial charge on any atom is 0.0770 e. The Morgan fingerprint density at radius 2 is 2.57 bits per heavy atom. The van der Waals surface area contributed by atoms with Crippen molar-refractivity contribution in [2.24, 2.45) is 9.39 Å². The lowest BCUT2D eigenvalue weighted by molar-refractivity contribution is 1.15. The van der Waals surface area contributed by atoms with Crippen molar-refractivity contribution in [3.05, 3.63) is 0 Å². The Labute approximate surface area is 47.9 Å². The summed E-state index contributed by atoms with van der Waals surface area (Å²) in [6.45, 7) is 6.05. The van der Waals surface area contributed by atoms with Crippen molar-refractivity contribution in [1.29, 1.82) is 0 Å². The number of hydrogen-bond donors (Lipinski definition) is 0. The molecule has 0 radical (unpaired) electrons. The van der Waals surface area contributed by atoms with Gasteiger partial charge in [0.2, 0.25) is 0 Å². The van der Waals surface area contributed by atoms with Gasteiger partial charge in [0.25, 0.3) is 0 Å². The van der Waals surface area contributed by atoms with E-state index in [4.69, 9.17) is 0 Å². The Hall–Kier alpha value is -0.310. The van der Waals surface area contributed by atoms with Gasteiger partial charge < -0.3 is 0 Å². The minimum atomic E-state index is 0.822. The molecule has 0 saturated carbocycles. The minimum Gasteiger partial charge on any atom is -0.285 e. The summed E-state index contributed by atoms with van der Waals surface area (Å²) < 4.78 is 3.49. The van der Waals surface area contributed by atoms with Gasteiger partial charge in [-0.25, -0.2) is 4.40 Å². The van der Waals surface area contributed by atoms with Crippen LogP contribution in [0.15, 0.2) is 9.39 Å². The summed E-state index contributed by atoms with van der Waals surface area (Å²) in [5.74, 6) is 0. The van der Waals surface area contributed by atoms with Crippen LogP contribution >= 0.6 is 11.9 Å². The fourth-order valence-electron chi connectivity index (χ4n) is 0.141. The summed E-state index contributed by atoms with van der Waals surface area (Å²) in [6, 6.07) is 0. The summed E-state index contributed by atoms with van der Waals surface area (Å²) >= 11 is 1.25. The topological polar surface area (TPSA) is 24.7 Å². The van der Waals surface area contributed by atoms with Crippen LogP contribution in [0.25, 0.3) is 0 Å². The van der Waals surface area contributed by atoms with Crippen LogP contribution < -0.4 is 0 Å². The zero-order valence-electron chi connectivity index (χ0n) is 4.29. The van der Waals surface area contributed by atoms with E-state index in [0.717, 1.165) is 6.54 Å².